The van der Waals surface area contributed by atoms with Crippen LogP contribution < -0.4 is 5.32 Å². The molecule has 0 radical (unpaired) electrons. The molecule has 1 aromatic carbocycles. The van der Waals surface area contributed by atoms with Gasteiger partial charge in [0.05, 0.1) is 18.3 Å². The lowest BCUT2D eigenvalue weighted by atomic mass is 10.1. The fraction of sp³-hybridized carbons (Fsp3) is 0.647. The van der Waals surface area contributed by atoms with Crippen LogP contribution in [-0.2, 0) is 13.1 Å². The third-order valence-electron chi connectivity index (χ3n) is 3.21. The first kappa shape index (κ1) is 19.1. The second-order valence-corrected chi connectivity index (χ2v) is 6.19. The van der Waals surface area contributed by atoms with Gasteiger partial charge in [0.1, 0.15) is 0 Å². The highest BCUT2D eigenvalue weighted by Gasteiger charge is 2.12. The van der Waals surface area contributed by atoms with Crippen molar-refractivity contribution in [3.8, 4) is 0 Å². The maximum absolute atomic E-state index is 9.58. The van der Waals surface area contributed by atoms with E-state index >= 15 is 0 Å². The van der Waals surface area contributed by atoms with Gasteiger partial charge in [0.15, 0.2) is 0 Å². The highest BCUT2D eigenvalue weighted by molar-refractivity contribution is 5.23. The SMILES string of the molecule is CC(O)CNCc1cccc(CN(CC(C)O)CC(C)O)c1. The molecule has 0 saturated heterocycles. The van der Waals surface area contributed by atoms with Gasteiger partial charge in [-0.15, -0.1) is 0 Å². The summed E-state index contributed by atoms with van der Waals surface area (Å²) in [4.78, 5) is 2.05. The van der Waals surface area contributed by atoms with Gasteiger partial charge >= 0.3 is 0 Å². The lowest BCUT2D eigenvalue weighted by molar-refractivity contribution is 0.0794. The van der Waals surface area contributed by atoms with Crippen LogP contribution in [0.1, 0.15) is 31.9 Å². The van der Waals surface area contributed by atoms with E-state index in [9.17, 15) is 15.3 Å². The Kier molecular flexibility index (Phi) is 8.60. The molecule has 0 aliphatic heterocycles. The van der Waals surface area contributed by atoms with E-state index in [0.29, 0.717) is 32.7 Å². The minimum atomic E-state index is -0.422. The van der Waals surface area contributed by atoms with Crippen molar-refractivity contribution in [1.29, 1.82) is 0 Å². The average molecular weight is 310 g/mol. The summed E-state index contributed by atoms with van der Waals surface area (Å²) >= 11 is 0. The average Bonchev–Trinajstić information content (AvgIpc) is 2.37. The Morgan fingerprint density at radius 2 is 1.55 bits per heavy atom. The standard InChI is InChI=1S/C17H30N2O3/c1-13(20)8-18-9-16-5-4-6-17(7-16)12-19(10-14(2)21)11-15(3)22/h4-7,13-15,18,20-22H,8-12H2,1-3H3. The number of hydrogen-bond acceptors (Lipinski definition) is 5. The third kappa shape index (κ3) is 8.46. The van der Waals surface area contributed by atoms with Gasteiger partial charge in [-0.2, -0.15) is 0 Å². The summed E-state index contributed by atoms with van der Waals surface area (Å²) in [7, 11) is 0. The molecule has 3 unspecified atom stereocenters. The van der Waals surface area contributed by atoms with E-state index in [1.165, 1.54) is 0 Å². The molecule has 0 spiro atoms. The van der Waals surface area contributed by atoms with Crippen LogP contribution in [-0.4, -0.2) is 58.2 Å². The van der Waals surface area contributed by atoms with E-state index in [-0.39, 0.29) is 6.10 Å². The molecular formula is C17H30N2O3. The van der Waals surface area contributed by atoms with Crippen LogP contribution in [0.3, 0.4) is 0 Å². The quantitative estimate of drug-likeness (QED) is 0.512. The van der Waals surface area contributed by atoms with Crippen molar-refractivity contribution >= 4 is 0 Å². The second-order valence-electron chi connectivity index (χ2n) is 6.19. The van der Waals surface area contributed by atoms with Crippen LogP contribution in [0.4, 0.5) is 0 Å². The predicted molar refractivity (Wildman–Crippen MR) is 88.5 cm³/mol. The summed E-state index contributed by atoms with van der Waals surface area (Å²) in [6, 6.07) is 8.23. The van der Waals surface area contributed by atoms with Gasteiger partial charge in [0.25, 0.3) is 0 Å². The van der Waals surface area contributed by atoms with Gasteiger partial charge in [-0.25, -0.2) is 0 Å². The highest BCUT2D eigenvalue weighted by Crippen LogP contribution is 2.10. The smallest absolute Gasteiger partial charge is 0.0639 e. The zero-order chi connectivity index (χ0) is 16.5. The normalized spacial score (nSPS) is 15.8. The molecule has 5 nitrogen and oxygen atoms in total. The molecule has 0 aliphatic carbocycles. The maximum atomic E-state index is 9.58. The summed E-state index contributed by atoms with van der Waals surface area (Å²) in [6.07, 6.45) is -1.19. The second kappa shape index (κ2) is 9.92. The van der Waals surface area contributed by atoms with E-state index in [1.54, 1.807) is 20.8 Å². The van der Waals surface area contributed by atoms with Gasteiger partial charge < -0.3 is 20.6 Å². The van der Waals surface area contributed by atoms with Crippen molar-refractivity contribution in [2.75, 3.05) is 19.6 Å². The van der Waals surface area contributed by atoms with Crippen LogP contribution in [0.15, 0.2) is 24.3 Å². The van der Waals surface area contributed by atoms with E-state index in [1.807, 2.05) is 12.1 Å². The Balaban J connectivity index is 2.61. The van der Waals surface area contributed by atoms with Crippen molar-refractivity contribution in [1.82, 2.24) is 10.2 Å². The summed E-state index contributed by atoms with van der Waals surface area (Å²) in [5.74, 6) is 0. The molecule has 4 N–H and O–H groups in total. The highest BCUT2D eigenvalue weighted by atomic mass is 16.3. The molecule has 5 heteroatoms. The van der Waals surface area contributed by atoms with Crippen LogP contribution in [0, 0.1) is 0 Å². The Hall–Kier alpha value is -0.980. The van der Waals surface area contributed by atoms with Crippen molar-refractivity contribution in [2.24, 2.45) is 0 Å². The molecule has 126 valence electrons. The molecule has 0 amide bonds. The van der Waals surface area contributed by atoms with Crippen LogP contribution >= 0.6 is 0 Å². The number of hydrogen-bond donors (Lipinski definition) is 4. The lowest BCUT2D eigenvalue weighted by Crippen LogP contribution is -2.35. The first-order valence-corrected chi connectivity index (χ1v) is 7.92. The van der Waals surface area contributed by atoms with Gasteiger partial charge in [-0.3, -0.25) is 4.90 Å². The van der Waals surface area contributed by atoms with Crippen molar-refractivity contribution < 1.29 is 15.3 Å². The van der Waals surface area contributed by atoms with Crippen LogP contribution in [0.5, 0.6) is 0 Å². The van der Waals surface area contributed by atoms with Crippen LogP contribution in [0.2, 0.25) is 0 Å². The third-order valence-corrected chi connectivity index (χ3v) is 3.21. The molecular weight excluding hydrogens is 280 g/mol. The molecule has 22 heavy (non-hydrogen) atoms. The lowest BCUT2D eigenvalue weighted by Gasteiger charge is -2.25. The van der Waals surface area contributed by atoms with Gasteiger partial charge in [-0.1, -0.05) is 24.3 Å². The maximum Gasteiger partial charge on any atom is 0.0639 e. The molecule has 0 aliphatic rings. The topological polar surface area (TPSA) is 76.0 Å². The Morgan fingerprint density at radius 3 is 2.09 bits per heavy atom. The van der Waals surface area contributed by atoms with Crippen molar-refractivity contribution in [2.45, 2.75) is 52.2 Å². The van der Waals surface area contributed by atoms with E-state index < -0.39 is 12.2 Å². The van der Waals surface area contributed by atoms with E-state index in [2.05, 4.69) is 22.3 Å². The van der Waals surface area contributed by atoms with E-state index in [4.69, 9.17) is 0 Å². The van der Waals surface area contributed by atoms with Crippen molar-refractivity contribution in [3.63, 3.8) is 0 Å². The summed E-state index contributed by atoms with van der Waals surface area (Å²) < 4.78 is 0. The predicted octanol–water partition coefficient (Wildman–Crippen LogP) is 0.721. The molecule has 0 heterocycles. The number of aliphatic hydroxyl groups excluding tert-OH is 3. The first-order chi connectivity index (χ1) is 10.4. The summed E-state index contributed by atoms with van der Waals surface area (Å²) in [5.41, 5.74) is 2.31. The molecule has 1 aromatic rings. The minimum absolute atomic E-state index is 0.351. The first-order valence-electron chi connectivity index (χ1n) is 7.92. The summed E-state index contributed by atoms with van der Waals surface area (Å²) in [6.45, 7) is 8.32. The van der Waals surface area contributed by atoms with Gasteiger partial charge in [0, 0.05) is 32.7 Å². The minimum Gasteiger partial charge on any atom is -0.392 e. The number of nitrogens with zero attached hydrogens (tertiary/aromatic N) is 1. The molecule has 3 atom stereocenters. The van der Waals surface area contributed by atoms with Crippen LogP contribution in [0.25, 0.3) is 0 Å². The molecule has 0 fully saturated rings. The van der Waals surface area contributed by atoms with Gasteiger partial charge in [-0.05, 0) is 31.9 Å². The number of aliphatic hydroxyl groups is 3. The zero-order valence-electron chi connectivity index (χ0n) is 13.9. The molecule has 0 aromatic heterocycles. The number of nitrogens with one attached hydrogen (secondary N) is 1. The summed E-state index contributed by atoms with van der Waals surface area (Å²) in [5, 5.41) is 31.6. The van der Waals surface area contributed by atoms with Crippen molar-refractivity contribution in [3.05, 3.63) is 35.4 Å². The molecule has 1 rings (SSSR count). The molecule has 0 saturated carbocycles. The molecule has 0 bridgehead atoms. The number of rotatable bonds is 10. The zero-order valence-corrected chi connectivity index (χ0v) is 13.9. The van der Waals surface area contributed by atoms with E-state index in [0.717, 1.165) is 11.1 Å². The fourth-order valence-electron chi connectivity index (χ4n) is 2.47. The fourth-order valence-corrected chi connectivity index (χ4v) is 2.47. The Morgan fingerprint density at radius 1 is 0.955 bits per heavy atom. The monoisotopic (exact) mass is 310 g/mol. The largest absolute Gasteiger partial charge is 0.392 e. The Labute approximate surface area is 133 Å². The Bertz CT molecular complexity index is 412. The van der Waals surface area contributed by atoms with Gasteiger partial charge in [0.2, 0.25) is 0 Å². The number of benzene rings is 1.